The highest BCUT2D eigenvalue weighted by Crippen LogP contribution is 2.15. The molecule has 2 N–H and O–H groups in total. The summed E-state index contributed by atoms with van der Waals surface area (Å²) in [7, 11) is 0. The molecule has 0 saturated heterocycles. The molecular weight excluding hydrogens is 431 g/mol. The van der Waals surface area contributed by atoms with Gasteiger partial charge in [0.05, 0.1) is 13.2 Å². The third-order valence-electron chi connectivity index (χ3n) is 3.30. The second-order valence-corrected chi connectivity index (χ2v) is 5.34. The molecular formula is C18H33IN4O2. The van der Waals surface area contributed by atoms with Gasteiger partial charge in [-0.25, -0.2) is 9.98 Å². The van der Waals surface area contributed by atoms with E-state index in [1.807, 2.05) is 19.1 Å². The zero-order chi connectivity index (χ0) is 17.5. The number of rotatable bonds is 12. The third kappa shape index (κ3) is 11.2. The molecule has 6 nitrogen and oxygen atoms in total. The molecule has 7 heteroatoms. The average Bonchev–Trinajstić information content (AvgIpc) is 2.60. The van der Waals surface area contributed by atoms with Crippen molar-refractivity contribution in [3.05, 3.63) is 23.9 Å². The number of guanidine groups is 1. The minimum Gasteiger partial charge on any atom is -0.477 e. The van der Waals surface area contributed by atoms with E-state index in [0.29, 0.717) is 19.0 Å². The van der Waals surface area contributed by atoms with E-state index in [1.165, 1.54) is 0 Å². The highest BCUT2D eigenvalue weighted by Gasteiger charge is 2.05. The van der Waals surface area contributed by atoms with Gasteiger partial charge in [-0.3, -0.25) is 0 Å². The maximum absolute atomic E-state index is 5.76. The first kappa shape index (κ1) is 23.9. The molecule has 0 aliphatic heterocycles. The molecule has 1 rings (SSSR count). The van der Waals surface area contributed by atoms with Crippen LogP contribution in [-0.2, 0) is 11.3 Å². The van der Waals surface area contributed by atoms with Crippen LogP contribution in [0.5, 0.6) is 5.88 Å². The van der Waals surface area contributed by atoms with Gasteiger partial charge >= 0.3 is 0 Å². The molecule has 0 fully saturated rings. The third-order valence-corrected chi connectivity index (χ3v) is 3.30. The number of nitrogens with one attached hydrogen (secondary N) is 2. The van der Waals surface area contributed by atoms with Crippen LogP contribution in [0.1, 0.15) is 45.6 Å². The number of hydrogen-bond acceptors (Lipinski definition) is 4. The van der Waals surface area contributed by atoms with Crippen molar-refractivity contribution in [2.45, 2.75) is 46.6 Å². The van der Waals surface area contributed by atoms with Crippen molar-refractivity contribution in [1.82, 2.24) is 15.6 Å². The lowest BCUT2D eigenvalue weighted by Crippen LogP contribution is -2.38. The van der Waals surface area contributed by atoms with E-state index in [-0.39, 0.29) is 24.0 Å². The Balaban J connectivity index is 0.00000576. The molecule has 0 aliphatic rings. The van der Waals surface area contributed by atoms with E-state index < -0.39 is 0 Å². The smallest absolute Gasteiger partial charge is 0.218 e. The summed E-state index contributed by atoms with van der Waals surface area (Å²) in [4.78, 5) is 8.95. The summed E-state index contributed by atoms with van der Waals surface area (Å²) in [5, 5.41) is 6.57. The fourth-order valence-electron chi connectivity index (χ4n) is 2.02. The van der Waals surface area contributed by atoms with Gasteiger partial charge < -0.3 is 20.1 Å². The molecule has 0 unspecified atom stereocenters. The first-order chi connectivity index (χ1) is 11.8. The Morgan fingerprint density at radius 3 is 2.72 bits per heavy atom. The summed E-state index contributed by atoms with van der Waals surface area (Å²) in [6.07, 6.45) is 4.85. The van der Waals surface area contributed by atoms with Gasteiger partial charge in [-0.15, -0.1) is 24.0 Å². The Morgan fingerprint density at radius 1 is 1.16 bits per heavy atom. The monoisotopic (exact) mass is 464 g/mol. The number of unbranched alkanes of at least 4 members (excludes halogenated alkanes) is 1. The standard InChI is InChI=1S/C18H32N4O2.HI/c1-4-7-14-24-17-16(10-8-11-20-17)15-22-18(19-5-2)21-12-9-13-23-6-3;/h8,10-11H,4-7,9,12-15H2,1-3H3,(H2,19,21,22);1H. The molecule has 25 heavy (non-hydrogen) atoms. The summed E-state index contributed by atoms with van der Waals surface area (Å²) < 4.78 is 11.1. The van der Waals surface area contributed by atoms with Gasteiger partial charge in [0.1, 0.15) is 0 Å². The van der Waals surface area contributed by atoms with E-state index in [9.17, 15) is 0 Å². The predicted molar refractivity (Wildman–Crippen MR) is 114 cm³/mol. The van der Waals surface area contributed by atoms with Crippen molar-refractivity contribution >= 4 is 29.9 Å². The SMILES string of the molecule is CCCCOc1ncccc1CN=C(NCC)NCCCOCC.I. The molecule has 0 bridgehead atoms. The van der Waals surface area contributed by atoms with Crippen molar-refractivity contribution < 1.29 is 9.47 Å². The molecule has 0 aromatic carbocycles. The number of nitrogens with zero attached hydrogens (tertiary/aromatic N) is 2. The molecule has 0 amide bonds. The van der Waals surface area contributed by atoms with E-state index in [1.54, 1.807) is 6.20 Å². The Kier molecular flexibility index (Phi) is 15.7. The average molecular weight is 464 g/mol. The highest BCUT2D eigenvalue weighted by molar-refractivity contribution is 14.0. The summed E-state index contributed by atoms with van der Waals surface area (Å²) in [6.45, 7) is 10.6. The van der Waals surface area contributed by atoms with Crippen LogP contribution in [0.25, 0.3) is 0 Å². The molecule has 144 valence electrons. The lowest BCUT2D eigenvalue weighted by molar-refractivity contribution is 0.145. The fraction of sp³-hybridized carbons (Fsp3) is 0.667. The summed E-state index contributed by atoms with van der Waals surface area (Å²) >= 11 is 0. The summed E-state index contributed by atoms with van der Waals surface area (Å²) in [5.74, 6) is 1.49. The largest absolute Gasteiger partial charge is 0.477 e. The summed E-state index contributed by atoms with van der Waals surface area (Å²) in [5.41, 5.74) is 1.00. The van der Waals surface area contributed by atoms with Gasteiger partial charge in [-0.2, -0.15) is 0 Å². The van der Waals surface area contributed by atoms with Crippen molar-refractivity contribution in [3.8, 4) is 5.88 Å². The Hall–Kier alpha value is -1.09. The maximum atomic E-state index is 5.76. The Bertz CT molecular complexity index is 472. The van der Waals surface area contributed by atoms with E-state index >= 15 is 0 Å². The van der Waals surface area contributed by atoms with Crippen LogP contribution in [0.3, 0.4) is 0 Å². The molecule has 1 aromatic heterocycles. The van der Waals surface area contributed by atoms with Crippen molar-refractivity contribution in [3.63, 3.8) is 0 Å². The lowest BCUT2D eigenvalue weighted by Gasteiger charge is -2.12. The van der Waals surface area contributed by atoms with Crippen molar-refractivity contribution in [2.24, 2.45) is 4.99 Å². The fourth-order valence-corrected chi connectivity index (χ4v) is 2.02. The maximum Gasteiger partial charge on any atom is 0.218 e. The molecule has 0 radical (unpaired) electrons. The van der Waals surface area contributed by atoms with Gasteiger partial charge in [-0.1, -0.05) is 19.4 Å². The Morgan fingerprint density at radius 2 is 2.00 bits per heavy atom. The first-order valence-electron chi connectivity index (χ1n) is 8.98. The number of aliphatic imine (C=N–C) groups is 1. The molecule has 0 aliphatic carbocycles. The van der Waals surface area contributed by atoms with Crippen LogP contribution < -0.4 is 15.4 Å². The molecule has 1 aromatic rings. The highest BCUT2D eigenvalue weighted by atomic mass is 127. The van der Waals surface area contributed by atoms with Crippen LogP contribution in [-0.4, -0.2) is 43.9 Å². The number of halogens is 1. The van der Waals surface area contributed by atoms with Gasteiger partial charge in [0, 0.05) is 38.1 Å². The molecule has 1 heterocycles. The molecule has 0 saturated carbocycles. The molecule has 0 atom stereocenters. The van der Waals surface area contributed by atoms with Crippen LogP contribution in [0.2, 0.25) is 0 Å². The second-order valence-electron chi connectivity index (χ2n) is 5.34. The van der Waals surface area contributed by atoms with Gasteiger partial charge in [0.25, 0.3) is 0 Å². The van der Waals surface area contributed by atoms with E-state index in [2.05, 4.69) is 34.5 Å². The number of pyridine rings is 1. The molecule has 0 spiro atoms. The predicted octanol–water partition coefficient (Wildman–Crippen LogP) is 3.36. The van der Waals surface area contributed by atoms with Crippen molar-refractivity contribution in [1.29, 1.82) is 0 Å². The van der Waals surface area contributed by atoms with E-state index in [0.717, 1.165) is 57.1 Å². The zero-order valence-corrected chi connectivity index (χ0v) is 18.0. The zero-order valence-electron chi connectivity index (χ0n) is 15.7. The minimum atomic E-state index is 0. The summed E-state index contributed by atoms with van der Waals surface area (Å²) in [6, 6.07) is 3.93. The Labute approximate surface area is 169 Å². The van der Waals surface area contributed by atoms with Gasteiger partial charge in [0.2, 0.25) is 5.88 Å². The number of aromatic nitrogens is 1. The van der Waals surface area contributed by atoms with Crippen LogP contribution >= 0.6 is 24.0 Å². The van der Waals surface area contributed by atoms with Crippen LogP contribution in [0, 0.1) is 0 Å². The van der Waals surface area contributed by atoms with Crippen molar-refractivity contribution in [2.75, 3.05) is 32.9 Å². The lowest BCUT2D eigenvalue weighted by atomic mass is 10.2. The quantitative estimate of drug-likeness (QED) is 0.215. The normalized spacial score (nSPS) is 10.9. The minimum absolute atomic E-state index is 0. The van der Waals surface area contributed by atoms with E-state index in [4.69, 9.17) is 9.47 Å². The number of ether oxygens (including phenoxy) is 2. The number of hydrogen-bond donors (Lipinski definition) is 2. The second kappa shape index (κ2) is 16.4. The van der Waals surface area contributed by atoms with Gasteiger partial charge in [-0.05, 0) is 32.8 Å². The van der Waals surface area contributed by atoms with Gasteiger partial charge in [0.15, 0.2) is 5.96 Å². The van der Waals surface area contributed by atoms with Crippen LogP contribution in [0.15, 0.2) is 23.3 Å². The topological polar surface area (TPSA) is 67.8 Å². The first-order valence-corrected chi connectivity index (χ1v) is 8.98. The van der Waals surface area contributed by atoms with Crippen LogP contribution in [0.4, 0.5) is 0 Å².